The van der Waals surface area contributed by atoms with Crippen molar-refractivity contribution in [3.8, 4) is 5.69 Å². The van der Waals surface area contributed by atoms with E-state index in [2.05, 4.69) is 4.85 Å². The van der Waals surface area contributed by atoms with Gasteiger partial charge >= 0.3 is 7.12 Å². The van der Waals surface area contributed by atoms with Crippen LogP contribution < -0.4 is 5.46 Å². The van der Waals surface area contributed by atoms with Crippen LogP contribution in [-0.2, 0) is 19.1 Å². The summed E-state index contributed by atoms with van der Waals surface area (Å²) >= 11 is 0. The molecule has 1 aliphatic rings. The average molecular weight is 436 g/mol. The second-order valence-corrected chi connectivity index (χ2v) is 11.1. The van der Waals surface area contributed by atoms with Crippen LogP contribution in [0.3, 0.4) is 0 Å². The largest absolute Gasteiger partial charge is 0.497 e. The molecule has 31 heavy (non-hydrogen) atoms. The number of sulfone groups is 1. The van der Waals surface area contributed by atoms with E-state index in [0.717, 1.165) is 27.6 Å². The molecule has 6 nitrogen and oxygen atoms in total. The Morgan fingerprint density at radius 1 is 1.03 bits per heavy atom. The van der Waals surface area contributed by atoms with Crippen molar-refractivity contribution < 1.29 is 17.7 Å². The molecule has 8 heteroatoms. The molecule has 0 bridgehead atoms. The first-order valence-corrected chi connectivity index (χ1v) is 11.9. The van der Waals surface area contributed by atoms with E-state index < -0.39 is 28.2 Å². The Bertz CT molecular complexity index is 1320. The molecule has 0 radical (unpaired) electrons. The lowest BCUT2D eigenvalue weighted by atomic mass is 9.79. The number of aryl methyl sites for hydroxylation is 1. The zero-order valence-electron chi connectivity index (χ0n) is 18.6. The fraction of sp³-hybridized carbons (Fsp3) is 0.348. The van der Waals surface area contributed by atoms with Gasteiger partial charge in [0.15, 0.2) is 15.5 Å². The Morgan fingerprint density at radius 3 is 2.13 bits per heavy atom. The van der Waals surface area contributed by atoms with Crippen LogP contribution in [0.15, 0.2) is 47.5 Å². The van der Waals surface area contributed by atoms with Crippen molar-refractivity contribution in [1.82, 2.24) is 4.57 Å². The quantitative estimate of drug-likeness (QED) is 0.456. The first kappa shape index (κ1) is 21.6. The molecule has 0 spiro atoms. The molecule has 3 aromatic rings. The average Bonchev–Trinajstić information content (AvgIpc) is 3.13. The number of aromatic nitrogens is 1. The number of rotatable bonds is 3. The van der Waals surface area contributed by atoms with E-state index in [1.54, 1.807) is 24.3 Å². The van der Waals surface area contributed by atoms with Crippen molar-refractivity contribution in [2.75, 3.05) is 6.26 Å². The summed E-state index contributed by atoms with van der Waals surface area (Å²) in [4.78, 5) is 3.93. The Morgan fingerprint density at radius 2 is 1.61 bits per heavy atom. The van der Waals surface area contributed by atoms with E-state index in [1.165, 1.54) is 6.26 Å². The van der Waals surface area contributed by atoms with Gasteiger partial charge in [0.2, 0.25) is 0 Å². The van der Waals surface area contributed by atoms with Crippen LogP contribution in [0, 0.1) is 13.5 Å². The van der Waals surface area contributed by atoms with Crippen molar-refractivity contribution in [3.63, 3.8) is 0 Å². The van der Waals surface area contributed by atoms with E-state index in [4.69, 9.17) is 15.9 Å². The fourth-order valence-corrected chi connectivity index (χ4v) is 4.37. The summed E-state index contributed by atoms with van der Waals surface area (Å²) in [5, 5.41) is 0.877. The van der Waals surface area contributed by atoms with Gasteiger partial charge in [-0.15, -0.1) is 0 Å². The summed E-state index contributed by atoms with van der Waals surface area (Å²) < 4.78 is 38.2. The van der Waals surface area contributed by atoms with Crippen LogP contribution >= 0.6 is 0 Å². The van der Waals surface area contributed by atoms with Gasteiger partial charge in [0.05, 0.1) is 28.2 Å². The molecule has 4 rings (SSSR count). The van der Waals surface area contributed by atoms with E-state index >= 15 is 0 Å². The molecule has 0 unspecified atom stereocenters. The summed E-state index contributed by atoms with van der Waals surface area (Å²) in [5.74, 6) is 0. The molecule has 0 amide bonds. The molecule has 1 saturated heterocycles. The third kappa shape index (κ3) is 3.57. The third-order valence-corrected chi connectivity index (χ3v) is 7.45. The van der Waals surface area contributed by atoms with E-state index in [1.807, 2.05) is 57.5 Å². The minimum Gasteiger partial charge on any atom is -0.399 e. The smallest absolute Gasteiger partial charge is 0.399 e. The predicted molar refractivity (Wildman–Crippen MR) is 123 cm³/mol. The highest BCUT2D eigenvalue weighted by Crippen LogP contribution is 2.38. The Balaban J connectivity index is 1.92. The van der Waals surface area contributed by atoms with Gasteiger partial charge in [-0.1, -0.05) is 0 Å². The maximum absolute atomic E-state index is 11.8. The maximum atomic E-state index is 11.8. The zero-order valence-corrected chi connectivity index (χ0v) is 19.4. The lowest BCUT2D eigenvalue weighted by Crippen LogP contribution is -2.41. The summed E-state index contributed by atoms with van der Waals surface area (Å²) in [7, 11) is -3.85. The first-order valence-electron chi connectivity index (χ1n) is 10.0. The van der Waals surface area contributed by atoms with Crippen LogP contribution in [0.25, 0.3) is 21.4 Å². The lowest BCUT2D eigenvalue weighted by Gasteiger charge is -2.32. The second kappa shape index (κ2) is 6.96. The standard InChI is InChI=1S/C23H25BN2O4S/c1-15-12-21-18(13-20(15)25-6)19(24-29-22(2,3)23(4,5)30-24)14-26(21)16-8-10-17(11-9-16)31(7,27)28/h8-14H,1-5,7H3. The molecule has 0 atom stereocenters. The SMILES string of the molecule is [C-]#[N+]c1cc2c(B3OC(C)(C)C(C)(C)O3)cn(-c3ccc(S(C)(=O)=O)cc3)c2cc1C. The number of fused-ring (bicyclic) bond motifs is 1. The van der Waals surface area contributed by atoms with Crippen molar-refractivity contribution in [2.24, 2.45) is 0 Å². The van der Waals surface area contributed by atoms with Gasteiger partial charge in [-0.2, -0.15) is 0 Å². The van der Waals surface area contributed by atoms with Gasteiger partial charge in [0.25, 0.3) is 0 Å². The Labute approximate surface area is 183 Å². The predicted octanol–water partition coefficient (Wildman–Crippen LogP) is 4.19. The van der Waals surface area contributed by atoms with E-state index in [9.17, 15) is 8.42 Å². The minimum absolute atomic E-state index is 0.269. The molecule has 0 aliphatic carbocycles. The normalized spacial score (nSPS) is 17.8. The minimum atomic E-state index is -3.28. The number of benzene rings is 2. The monoisotopic (exact) mass is 436 g/mol. The van der Waals surface area contributed by atoms with Crippen molar-refractivity contribution in [3.05, 3.63) is 59.6 Å². The highest BCUT2D eigenvalue weighted by Gasteiger charge is 2.52. The molecular weight excluding hydrogens is 411 g/mol. The van der Waals surface area contributed by atoms with Gasteiger partial charge < -0.3 is 13.9 Å². The molecule has 1 fully saturated rings. The first-order chi connectivity index (χ1) is 14.3. The van der Waals surface area contributed by atoms with Crippen molar-refractivity contribution in [2.45, 2.75) is 50.7 Å². The van der Waals surface area contributed by atoms with Crippen LogP contribution in [0.2, 0.25) is 0 Å². The van der Waals surface area contributed by atoms with Crippen LogP contribution in [0.1, 0.15) is 33.3 Å². The summed E-state index contributed by atoms with van der Waals surface area (Å²) in [6.45, 7) is 17.4. The van der Waals surface area contributed by atoms with Crippen LogP contribution in [0.4, 0.5) is 5.69 Å². The number of hydrogen-bond acceptors (Lipinski definition) is 4. The van der Waals surface area contributed by atoms with E-state index in [0.29, 0.717) is 5.69 Å². The number of hydrogen-bond donors (Lipinski definition) is 0. The molecule has 1 aromatic heterocycles. The highest BCUT2D eigenvalue weighted by molar-refractivity contribution is 7.90. The molecular formula is C23H25BN2O4S. The van der Waals surface area contributed by atoms with Gasteiger partial charge in [0, 0.05) is 23.6 Å². The molecule has 2 aromatic carbocycles. The maximum Gasteiger partial charge on any atom is 0.497 e. The van der Waals surface area contributed by atoms with Gasteiger partial charge in [-0.25, -0.2) is 13.3 Å². The summed E-state index contributed by atoms with van der Waals surface area (Å²) in [6, 6.07) is 10.6. The number of nitrogens with zero attached hydrogens (tertiary/aromatic N) is 2. The molecule has 0 saturated carbocycles. The van der Waals surface area contributed by atoms with Gasteiger partial charge in [-0.3, -0.25) is 0 Å². The van der Waals surface area contributed by atoms with Crippen LogP contribution in [0.5, 0.6) is 0 Å². The zero-order chi connectivity index (χ0) is 22.8. The molecule has 160 valence electrons. The van der Waals surface area contributed by atoms with E-state index in [-0.39, 0.29) is 4.90 Å². The second-order valence-electron chi connectivity index (χ2n) is 9.08. The Hall–Kier alpha value is -2.60. The third-order valence-electron chi connectivity index (χ3n) is 6.32. The fourth-order valence-electron chi connectivity index (χ4n) is 3.74. The molecule has 0 N–H and O–H groups in total. The highest BCUT2D eigenvalue weighted by atomic mass is 32.2. The van der Waals surface area contributed by atoms with Crippen LogP contribution in [-0.4, -0.2) is 37.6 Å². The topological polar surface area (TPSA) is 61.9 Å². The Kier molecular flexibility index (Phi) is 4.85. The van der Waals surface area contributed by atoms with Crippen molar-refractivity contribution in [1.29, 1.82) is 0 Å². The summed E-state index contributed by atoms with van der Waals surface area (Å²) in [5.41, 5.74) is 3.03. The van der Waals surface area contributed by atoms with Gasteiger partial charge in [-0.05, 0) is 82.0 Å². The molecule has 2 heterocycles. The van der Waals surface area contributed by atoms with Crippen molar-refractivity contribution >= 4 is 39.0 Å². The van der Waals surface area contributed by atoms with Gasteiger partial charge in [0.1, 0.15) is 0 Å². The molecule has 1 aliphatic heterocycles. The lowest BCUT2D eigenvalue weighted by molar-refractivity contribution is 0.00578. The summed E-state index contributed by atoms with van der Waals surface area (Å²) in [6.07, 6.45) is 3.15.